The second-order valence-electron chi connectivity index (χ2n) is 16.9. The molecule has 3 aromatic rings. The number of phosphoric ester groups is 1. The molecule has 9 nitrogen and oxygen atoms in total. The Morgan fingerprint density at radius 1 is 0.614 bits per heavy atom. The van der Waals surface area contributed by atoms with Gasteiger partial charge in [-0.1, -0.05) is 152 Å². The minimum atomic E-state index is -4.64. The van der Waals surface area contributed by atoms with E-state index >= 15 is 0 Å². The van der Waals surface area contributed by atoms with E-state index in [2.05, 4.69) is 61.5 Å². The number of hydrogen-bond donors (Lipinski definition) is 0. The molecule has 0 spiro atoms. The maximum absolute atomic E-state index is 12.8. The van der Waals surface area contributed by atoms with Crippen LogP contribution in [0.2, 0.25) is 0 Å². The van der Waals surface area contributed by atoms with E-state index < -0.39 is 32.5 Å². The highest BCUT2D eigenvalue weighted by atomic mass is 31.2. The molecule has 0 aliphatic carbocycles. The van der Waals surface area contributed by atoms with Crippen LogP contribution in [-0.4, -0.2) is 70.0 Å². The largest absolute Gasteiger partial charge is 0.756 e. The van der Waals surface area contributed by atoms with Gasteiger partial charge in [-0.15, -0.1) is 0 Å². The fourth-order valence-electron chi connectivity index (χ4n) is 6.99. The number of quaternary nitrogens is 1. The monoisotopic (exact) mass is 812 g/mol. The predicted molar refractivity (Wildman–Crippen MR) is 231 cm³/mol. The number of unbranched alkanes of at least 4 members (excludes halogenated alkanes) is 17. The topological polar surface area (TPSA) is 111 Å². The smallest absolute Gasteiger partial charge is 0.306 e. The number of benzene rings is 3. The number of likely N-dealkylation sites (N-methyl/N-ethyl adjacent to an activating group) is 1. The van der Waals surface area contributed by atoms with Crippen LogP contribution in [0.5, 0.6) is 0 Å². The van der Waals surface area contributed by atoms with Crippen LogP contribution < -0.4 is 4.89 Å². The lowest BCUT2D eigenvalue weighted by Crippen LogP contribution is -2.37. The zero-order valence-electron chi connectivity index (χ0n) is 35.8. The molecule has 320 valence electrons. The summed E-state index contributed by atoms with van der Waals surface area (Å²) in [6, 6.07) is 19.8. The van der Waals surface area contributed by atoms with Gasteiger partial charge in [-0.05, 0) is 64.9 Å². The lowest BCUT2D eigenvalue weighted by Gasteiger charge is -2.28. The summed E-state index contributed by atoms with van der Waals surface area (Å²) in [4.78, 5) is 37.7. The molecule has 0 radical (unpaired) electrons. The van der Waals surface area contributed by atoms with Gasteiger partial charge in [-0.25, -0.2) is 0 Å². The first kappa shape index (κ1) is 48.6. The summed E-state index contributed by atoms with van der Waals surface area (Å²) in [5, 5.41) is 5.07. The average molecular weight is 812 g/mol. The molecule has 0 heterocycles. The Labute approximate surface area is 344 Å². The Balaban J connectivity index is 1.30. The number of rotatable bonds is 33. The molecule has 0 saturated heterocycles. The van der Waals surface area contributed by atoms with E-state index in [9.17, 15) is 19.0 Å². The van der Waals surface area contributed by atoms with Crippen molar-refractivity contribution in [3.05, 3.63) is 60.2 Å². The third-order valence-corrected chi connectivity index (χ3v) is 11.5. The van der Waals surface area contributed by atoms with Gasteiger partial charge in [0.25, 0.3) is 7.82 Å². The Bertz CT molecular complexity index is 1620. The summed E-state index contributed by atoms with van der Waals surface area (Å²) in [5.41, 5.74) is 1.35. The van der Waals surface area contributed by atoms with E-state index in [1.165, 1.54) is 91.3 Å². The van der Waals surface area contributed by atoms with Crippen LogP contribution in [0.1, 0.15) is 147 Å². The van der Waals surface area contributed by atoms with E-state index in [4.69, 9.17) is 18.5 Å². The zero-order chi connectivity index (χ0) is 41.2. The van der Waals surface area contributed by atoms with Crippen LogP contribution in [0.15, 0.2) is 54.6 Å². The van der Waals surface area contributed by atoms with E-state index in [1.54, 1.807) is 0 Å². The van der Waals surface area contributed by atoms with Crippen LogP contribution in [0.4, 0.5) is 0 Å². The number of carbonyl (C=O) groups is 2. The van der Waals surface area contributed by atoms with Gasteiger partial charge in [0.15, 0.2) is 6.10 Å². The Hall–Kier alpha value is -2.81. The van der Waals surface area contributed by atoms with Crippen molar-refractivity contribution in [1.29, 1.82) is 0 Å². The first-order valence-electron chi connectivity index (χ1n) is 22.1. The first-order chi connectivity index (χ1) is 27.4. The number of hydrogen-bond acceptors (Lipinski definition) is 8. The van der Waals surface area contributed by atoms with Gasteiger partial charge >= 0.3 is 11.9 Å². The number of aryl methyl sites for hydroxylation is 1. The van der Waals surface area contributed by atoms with Gasteiger partial charge in [0.2, 0.25) is 0 Å². The third kappa shape index (κ3) is 22.8. The Kier molecular flexibility index (Phi) is 23.7. The molecule has 3 aromatic carbocycles. The van der Waals surface area contributed by atoms with Crippen molar-refractivity contribution in [2.75, 3.05) is 47.5 Å². The molecule has 0 saturated carbocycles. The summed E-state index contributed by atoms with van der Waals surface area (Å²) in [6.07, 6.45) is 22.2. The predicted octanol–water partition coefficient (Wildman–Crippen LogP) is 11.4. The highest BCUT2D eigenvalue weighted by Crippen LogP contribution is 2.38. The second-order valence-corrected chi connectivity index (χ2v) is 18.3. The molecule has 0 aliphatic rings. The van der Waals surface area contributed by atoms with Crippen molar-refractivity contribution >= 4 is 41.3 Å². The molecule has 2 atom stereocenters. The fraction of sp³-hybridized carbons (Fsp3) is 0.660. The SMILES string of the molecule is CCCCCCCCCCCCCCCC(=O)OC[C@@H](COP(=O)([O-])OCC[N+](C)(C)C)OC(=O)CCCCCCCCc1ccc2cc3ccccc3cc2c1. The standard InChI is InChI=1S/C47H74NO8P/c1-5-6-7-8-9-10-11-12-13-14-15-19-22-29-46(49)53-38-45(39-55-57(51,52)54-34-33-48(2,3)4)56-47(50)30-23-20-17-16-18-21-26-40-31-32-43-36-41-27-24-25-28-42(41)37-44(43)35-40/h24-25,27-28,31-32,35-37,45H,5-23,26,29-30,33-34,38-39H2,1-4H3/t45-/m0/s1. The minimum Gasteiger partial charge on any atom is -0.756 e. The van der Waals surface area contributed by atoms with Crippen molar-refractivity contribution in [3.8, 4) is 0 Å². The molecular weight excluding hydrogens is 737 g/mol. The van der Waals surface area contributed by atoms with Crippen molar-refractivity contribution in [2.24, 2.45) is 0 Å². The zero-order valence-corrected chi connectivity index (χ0v) is 36.7. The van der Waals surface area contributed by atoms with Gasteiger partial charge in [0, 0.05) is 12.8 Å². The van der Waals surface area contributed by atoms with Crippen molar-refractivity contribution in [2.45, 2.75) is 154 Å². The molecule has 57 heavy (non-hydrogen) atoms. The number of nitrogens with zero attached hydrogens (tertiary/aromatic N) is 1. The number of ether oxygens (including phenoxy) is 2. The highest BCUT2D eigenvalue weighted by Gasteiger charge is 2.21. The number of phosphoric acid groups is 1. The Morgan fingerprint density at radius 2 is 1.12 bits per heavy atom. The molecule has 0 aromatic heterocycles. The Morgan fingerprint density at radius 3 is 1.70 bits per heavy atom. The summed E-state index contributed by atoms with van der Waals surface area (Å²) >= 11 is 0. The summed E-state index contributed by atoms with van der Waals surface area (Å²) in [6.45, 7) is 1.93. The van der Waals surface area contributed by atoms with Gasteiger partial charge in [0.05, 0.1) is 27.7 Å². The number of esters is 2. The second kappa shape index (κ2) is 27.8. The molecule has 0 bridgehead atoms. The van der Waals surface area contributed by atoms with E-state index in [0.29, 0.717) is 17.4 Å². The molecule has 3 rings (SSSR count). The maximum Gasteiger partial charge on any atom is 0.306 e. The van der Waals surface area contributed by atoms with Gasteiger partial charge < -0.3 is 27.9 Å². The normalized spacial score (nSPS) is 13.5. The average Bonchev–Trinajstić information content (AvgIpc) is 3.17. The fourth-order valence-corrected chi connectivity index (χ4v) is 7.72. The summed E-state index contributed by atoms with van der Waals surface area (Å²) in [5.74, 6) is -0.857. The lowest BCUT2D eigenvalue weighted by molar-refractivity contribution is -0.870. The quantitative estimate of drug-likeness (QED) is 0.0196. The van der Waals surface area contributed by atoms with Gasteiger partial charge in [-0.3, -0.25) is 14.2 Å². The lowest BCUT2D eigenvalue weighted by atomic mass is 9.99. The van der Waals surface area contributed by atoms with Crippen LogP contribution >= 0.6 is 7.82 Å². The van der Waals surface area contributed by atoms with Crippen LogP contribution in [0, 0.1) is 0 Å². The van der Waals surface area contributed by atoms with E-state index in [-0.39, 0.29) is 26.1 Å². The number of fused-ring (bicyclic) bond motifs is 2. The van der Waals surface area contributed by atoms with Crippen molar-refractivity contribution < 1.29 is 42.1 Å². The van der Waals surface area contributed by atoms with Crippen LogP contribution in [0.3, 0.4) is 0 Å². The minimum absolute atomic E-state index is 0.0378. The highest BCUT2D eigenvalue weighted by molar-refractivity contribution is 7.45. The van der Waals surface area contributed by atoms with Crippen LogP contribution in [-0.2, 0) is 39.1 Å². The molecule has 10 heteroatoms. The summed E-state index contributed by atoms with van der Waals surface area (Å²) < 4.78 is 34.0. The molecule has 0 N–H and O–H groups in total. The number of carbonyl (C=O) groups excluding carboxylic acids is 2. The van der Waals surface area contributed by atoms with E-state index in [1.807, 2.05) is 21.1 Å². The molecule has 0 aliphatic heterocycles. The van der Waals surface area contributed by atoms with Crippen molar-refractivity contribution in [3.63, 3.8) is 0 Å². The molecule has 0 amide bonds. The van der Waals surface area contributed by atoms with Crippen LogP contribution in [0.25, 0.3) is 21.5 Å². The third-order valence-electron chi connectivity index (χ3n) is 10.5. The molecule has 0 fully saturated rings. The van der Waals surface area contributed by atoms with Gasteiger partial charge in [0.1, 0.15) is 19.8 Å². The maximum atomic E-state index is 12.8. The van der Waals surface area contributed by atoms with E-state index in [0.717, 1.165) is 57.8 Å². The van der Waals surface area contributed by atoms with Crippen molar-refractivity contribution in [1.82, 2.24) is 0 Å². The van der Waals surface area contributed by atoms with Gasteiger partial charge in [-0.2, -0.15) is 0 Å². The molecule has 1 unspecified atom stereocenters. The first-order valence-corrected chi connectivity index (χ1v) is 23.6. The summed E-state index contributed by atoms with van der Waals surface area (Å²) in [7, 11) is 1.14. The molecular formula is C47H74NO8P.